The van der Waals surface area contributed by atoms with Crippen LogP contribution < -0.4 is 9.21 Å². The van der Waals surface area contributed by atoms with E-state index in [1.54, 1.807) is 23.1 Å². The summed E-state index contributed by atoms with van der Waals surface area (Å²) in [6, 6.07) is 7.17. The Bertz CT molecular complexity index is 611. The minimum Gasteiger partial charge on any atom is -0.310 e. The number of carbonyl (C=O) groups excluding carboxylic acids is 1. The number of hydrogen-bond donors (Lipinski definition) is 0. The van der Waals surface area contributed by atoms with Gasteiger partial charge in [0.1, 0.15) is 0 Å². The van der Waals surface area contributed by atoms with Crippen LogP contribution in [0.1, 0.15) is 20.3 Å². The maximum atomic E-state index is 12.3. The largest absolute Gasteiger partial charge is 0.310 e. The monoisotopic (exact) mass is 296 g/mol. The molecule has 1 heterocycles. The van der Waals surface area contributed by atoms with E-state index >= 15 is 0 Å². The van der Waals surface area contributed by atoms with Gasteiger partial charge in [-0.1, -0.05) is 26.0 Å². The number of carbonyl (C=O) groups is 1. The molecule has 0 aromatic heterocycles. The fraction of sp³-hybridized carbons (Fsp3) is 0.500. The number of para-hydroxylation sites is 2. The standard InChI is InChI=1S/C14H20N2O3S/c1-11(2)14(17)15-9-6-10-16(20(3,18)19)13-8-5-4-7-12(13)15/h4-5,7-8,11H,6,9-10H2,1-3H3. The van der Waals surface area contributed by atoms with Crippen molar-refractivity contribution in [3.8, 4) is 0 Å². The lowest BCUT2D eigenvalue weighted by molar-refractivity contribution is -0.121. The van der Waals surface area contributed by atoms with Gasteiger partial charge in [0.2, 0.25) is 15.9 Å². The molecule has 0 N–H and O–H groups in total. The predicted octanol–water partition coefficient (Wildman–Crippen LogP) is 1.85. The third-order valence-electron chi connectivity index (χ3n) is 3.34. The van der Waals surface area contributed by atoms with E-state index in [1.807, 2.05) is 19.9 Å². The van der Waals surface area contributed by atoms with E-state index < -0.39 is 10.0 Å². The summed E-state index contributed by atoms with van der Waals surface area (Å²) >= 11 is 0. The van der Waals surface area contributed by atoms with E-state index in [0.29, 0.717) is 30.9 Å². The highest BCUT2D eigenvalue weighted by Gasteiger charge is 2.29. The first-order valence-electron chi connectivity index (χ1n) is 6.70. The molecule has 6 heteroatoms. The van der Waals surface area contributed by atoms with Gasteiger partial charge in [-0.25, -0.2) is 8.42 Å². The number of sulfonamides is 1. The van der Waals surface area contributed by atoms with Gasteiger partial charge >= 0.3 is 0 Å². The average molecular weight is 296 g/mol. The maximum absolute atomic E-state index is 12.3. The summed E-state index contributed by atoms with van der Waals surface area (Å²) in [7, 11) is -3.34. The Kier molecular flexibility index (Phi) is 4.04. The summed E-state index contributed by atoms with van der Waals surface area (Å²) < 4.78 is 25.3. The minimum atomic E-state index is -3.34. The Morgan fingerprint density at radius 1 is 1.15 bits per heavy atom. The van der Waals surface area contributed by atoms with Gasteiger partial charge in [-0.05, 0) is 18.6 Å². The van der Waals surface area contributed by atoms with Crippen LogP contribution in [0.15, 0.2) is 24.3 Å². The SMILES string of the molecule is CC(C)C(=O)N1CCCN(S(C)(=O)=O)c2ccccc21. The number of fused-ring (bicyclic) bond motifs is 1. The fourth-order valence-corrected chi connectivity index (χ4v) is 3.37. The second kappa shape index (κ2) is 5.44. The Balaban J connectivity index is 2.54. The Labute approximate surface area is 120 Å². The molecule has 0 bridgehead atoms. The molecule has 0 fully saturated rings. The summed E-state index contributed by atoms with van der Waals surface area (Å²) in [5, 5.41) is 0. The molecule has 20 heavy (non-hydrogen) atoms. The van der Waals surface area contributed by atoms with Crippen LogP contribution in [0.25, 0.3) is 0 Å². The summed E-state index contributed by atoms with van der Waals surface area (Å²) in [5.41, 5.74) is 1.26. The fourth-order valence-electron chi connectivity index (χ4n) is 2.40. The molecule has 0 radical (unpaired) electrons. The van der Waals surface area contributed by atoms with Gasteiger partial charge < -0.3 is 4.90 Å². The van der Waals surface area contributed by atoms with E-state index in [-0.39, 0.29) is 11.8 Å². The van der Waals surface area contributed by atoms with Crippen molar-refractivity contribution in [3.63, 3.8) is 0 Å². The Hall–Kier alpha value is -1.56. The van der Waals surface area contributed by atoms with Crippen molar-refractivity contribution in [2.24, 2.45) is 5.92 Å². The summed E-state index contributed by atoms with van der Waals surface area (Å²) in [6.45, 7) is 4.64. The lowest BCUT2D eigenvalue weighted by Gasteiger charge is -2.26. The molecule has 1 aromatic carbocycles. The van der Waals surface area contributed by atoms with E-state index in [0.717, 1.165) is 0 Å². The molecule has 110 valence electrons. The molecule has 1 aliphatic rings. The van der Waals surface area contributed by atoms with Gasteiger partial charge in [-0.2, -0.15) is 0 Å². The number of rotatable bonds is 2. The molecule has 5 nitrogen and oxygen atoms in total. The van der Waals surface area contributed by atoms with Crippen molar-refractivity contribution < 1.29 is 13.2 Å². The number of amides is 1. The minimum absolute atomic E-state index is 0.0211. The molecule has 0 spiro atoms. The second-order valence-electron chi connectivity index (χ2n) is 5.32. The van der Waals surface area contributed by atoms with Crippen molar-refractivity contribution >= 4 is 27.3 Å². The van der Waals surface area contributed by atoms with Gasteiger partial charge in [0.05, 0.1) is 17.6 Å². The summed E-state index contributed by atoms with van der Waals surface area (Å²) in [6.07, 6.45) is 1.82. The van der Waals surface area contributed by atoms with E-state index in [9.17, 15) is 13.2 Å². The second-order valence-corrected chi connectivity index (χ2v) is 7.23. The molecule has 1 amide bonds. The van der Waals surface area contributed by atoms with Crippen LogP contribution in [-0.2, 0) is 14.8 Å². The number of nitrogens with zero attached hydrogens (tertiary/aromatic N) is 2. The quantitative estimate of drug-likeness (QED) is 0.837. The van der Waals surface area contributed by atoms with Crippen LogP contribution in [0, 0.1) is 5.92 Å². The van der Waals surface area contributed by atoms with Crippen LogP contribution >= 0.6 is 0 Å². The highest BCUT2D eigenvalue weighted by Crippen LogP contribution is 2.34. The van der Waals surface area contributed by atoms with E-state index in [2.05, 4.69) is 0 Å². The number of anilines is 2. The molecule has 0 saturated heterocycles. The molecule has 0 saturated carbocycles. The van der Waals surface area contributed by atoms with Gasteiger partial charge in [0.15, 0.2) is 0 Å². The molecule has 0 atom stereocenters. The zero-order chi connectivity index (χ0) is 14.9. The third kappa shape index (κ3) is 2.80. The number of hydrogen-bond acceptors (Lipinski definition) is 3. The van der Waals surface area contributed by atoms with Crippen molar-refractivity contribution in [3.05, 3.63) is 24.3 Å². The van der Waals surface area contributed by atoms with Crippen molar-refractivity contribution in [2.45, 2.75) is 20.3 Å². The van der Waals surface area contributed by atoms with Crippen molar-refractivity contribution in [1.82, 2.24) is 0 Å². The van der Waals surface area contributed by atoms with Crippen LogP contribution in [-0.4, -0.2) is 33.7 Å². The summed E-state index contributed by atoms with van der Waals surface area (Å²) in [5.74, 6) is -0.0966. The molecule has 1 aromatic rings. The van der Waals surface area contributed by atoms with E-state index in [1.165, 1.54) is 10.6 Å². The Morgan fingerprint density at radius 2 is 1.75 bits per heavy atom. The third-order valence-corrected chi connectivity index (χ3v) is 4.52. The van der Waals surface area contributed by atoms with Gasteiger partial charge in [-0.3, -0.25) is 9.10 Å². The first kappa shape index (κ1) is 14.8. The zero-order valence-corrected chi connectivity index (χ0v) is 12.9. The molecule has 0 aliphatic carbocycles. The van der Waals surface area contributed by atoms with Crippen LogP contribution in [0.2, 0.25) is 0 Å². The topological polar surface area (TPSA) is 57.7 Å². The van der Waals surface area contributed by atoms with Crippen LogP contribution in [0.5, 0.6) is 0 Å². The first-order chi connectivity index (χ1) is 9.32. The lowest BCUT2D eigenvalue weighted by atomic mass is 10.1. The van der Waals surface area contributed by atoms with Crippen LogP contribution in [0.4, 0.5) is 11.4 Å². The Morgan fingerprint density at radius 3 is 2.30 bits per heavy atom. The normalized spacial score (nSPS) is 16.0. The molecule has 0 unspecified atom stereocenters. The van der Waals surface area contributed by atoms with Crippen LogP contribution in [0.3, 0.4) is 0 Å². The smallest absolute Gasteiger partial charge is 0.232 e. The number of benzene rings is 1. The van der Waals surface area contributed by atoms with E-state index in [4.69, 9.17) is 0 Å². The molecule has 1 aliphatic heterocycles. The average Bonchev–Trinajstić information content (AvgIpc) is 2.56. The predicted molar refractivity (Wildman–Crippen MR) is 80.4 cm³/mol. The molecular weight excluding hydrogens is 276 g/mol. The highest BCUT2D eigenvalue weighted by molar-refractivity contribution is 7.92. The highest BCUT2D eigenvalue weighted by atomic mass is 32.2. The lowest BCUT2D eigenvalue weighted by Crippen LogP contribution is -2.34. The first-order valence-corrected chi connectivity index (χ1v) is 8.55. The van der Waals surface area contributed by atoms with Gasteiger partial charge in [-0.15, -0.1) is 0 Å². The molecular formula is C14H20N2O3S. The van der Waals surface area contributed by atoms with Crippen molar-refractivity contribution in [2.75, 3.05) is 28.6 Å². The zero-order valence-electron chi connectivity index (χ0n) is 12.0. The van der Waals surface area contributed by atoms with Gasteiger partial charge in [0, 0.05) is 19.0 Å². The van der Waals surface area contributed by atoms with Crippen molar-refractivity contribution in [1.29, 1.82) is 0 Å². The maximum Gasteiger partial charge on any atom is 0.232 e. The summed E-state index contributed by atoms with van der Waals surface area (Å²) in [4.78, 5) is 14.0. The van der Waals surface area contributed by atoms with Gasteiger partial charge in [0.25, 0.3) is 0 Å². The molecule has 2 rings (SSSR count).